The fourth-order valence-electron chi connectivity index (χ4n) is 3.16. The average Bonchev–Trinajstić information content (AvgIpc) is 3.25. The molecule has 2 amide bonds. The molecular weight excluding hydrogens is 597 g/mol. The van der Waals surface area contributed by atoms with Gasteiger partial charge in [-0.15, -0.1) is 0 Å². The van der Waals surface area contributed by atoms with Gasteiger partial charge in [0.15, 0.2) is 7.91 Å². The maximum absolute atomic E-state index is 11.9. The highest BCUT2D eigenvalue weighted by molar-refractivity contribution is 7.73. The Morgan fingerprint density at radius 3 is 1.40 bits per heavy atom. The van der Waals surface area contributed by atoms with E-state index in [0.29, 0.717) is 55.0 Å². The lowest BCUT2D eigenvalue weighted by Crippen LogP contribution is -2.30. The van der Waals surface area contributed by atoms with Gasteiger partial charge in [0.2, 0.25) is 11.8 Å². The Morgan fingerprint density at radius 1 is 0.775 bits per heavy atom. The van der Waals surface area contributed by atoms with Crippen LogP contribution in [0.3, 0.4) is 0 Å². The molecule has 0 aliphatic rings. The first-order chi connectivity index (χ1) is 18.4. The SMILES string of the molecule is C/C(=N\NC(=O)OC(C)(C)C)c1sc(=S)n(CCCCn2c(O)c(/C(C)=N/NC(=O)OC(C)(C)C)sc2=S)c1O. The molecule has 0 saturated carbocycles. The molecule has 222 valence electrons. The van der Waals surface area contributed by atoms with Gasteiger partial charge in [-0.1, -0.05) is 22.7 Å². The van der Waals surface area contributed by atoms with Crippen molar-refractivity contribution in [3.05, 3.63) is 17.7 Å². The minimum atomic E-state index is -0.700. The van der Waals surface area contributed by atoms with Crippen molar-refractivity contribution in [3.63, 3.8) is 0 Å². The Hall–Kier alpha value is -2.82. The van der Waals surface area contributed by atoms with Gasteiger partial charge in [0.1, 0.15) is 21.0 Å². The van der Waals surface area contributed by atoms with Gasteiger partial charge in [-0.3, -0.25) is 9.13 Å². The van der Waals surface area contributed by atoms with Crippen LogP contribution in [0.4, 0.5) is 9.59 Å². The lowest BCUT2D eigenvalue weighted by atomic mass is 10.2. The molecule has 0 saturated heterocycles. The number of carbonyl (C=O) groups is 2. The molecule has 2 aromatic rings. The quantitative estimate of drug-likeness (QED) is 0.109. The molecule has 0 atom stereocenters. The van der Waals surface area contributed by atoms with Gasteiger partial charge in [-0.05, 0) is 92.7 Å². The van der Waals surface area contributed by atoms with Gasteiger partial charge >= 0.3 is 12.2 Å². The summed E-state index contributed by atoms with van der Waals surface area (Å²) in [4.78, 5) is 24.6. The lowest BCUT2D eigenvalue weighted by molar-refractivity contribution is 0.0518. The monoisotopic (exact) mass is 632 g/mol. The Balaban J connectivity index is 2.00. The molecule has 12 nitrogen and oxygen atoms in total. The number of nitrogens with one attached hydrogen (secondary N) is 2. The standard InChI is InChI=1S/C24H36N6O6S4/c1-13(25-27-19(33)35-23(3,4)5)15-17(31)29(21(37)39-15)11-9-10-12-30-18(32)16(40-22(30)38)14(2)26-28-20(34)36-24(6,7)8/h31-32H,9-12H2,1-8H3,(H,27,33)(H,28,34)/b25-13+,26-14+. The Kier molecular flexibility index (Phi) is 11.4. The number of ether oxygens (including phenoxy) is 2. The van der Waals surface area contributed by atoms with Crippen LogP contribution in [-0.4, -0.2) is 54.2 Å². The zero-order valence-corrected chi connectivity index (χ0v) is 27.0. The minimum absolute atomic E-state index is 0.0381. The van der Waals surface area contributed by atoms with Crippen molar-refractivity contribution in [2.75, 3.05) is 0 Å². The first-order valence-corrected chi connectivity index (χ1v) is 14.8. The van der Waals surface area contributed by atoms with Crippen LogP contribution in [0.1, 0.15) is 78.0 Å². The number of rotatable bonds is 9. The molecule has 0 aliphatic carbocycles. The lowest BCUT2D eigenvalue weighted by Gasteiger charge is -2.18. The van der Waals surface area contributed by atoms with E-state index in [9.17, 15) is 19.8 Å². The van der Waals surface area contributed by atoms with Crippen molar-refractivity contribution in [2.45, 2.75) is 92.5 Å². The van der Waals surface area contributed by atoms with Crippen LogP contribution in [0.5, 0.6) is 11.8 Å². The smallest absolute Gasteiger partial charge is 0.428 e. The van der Waals surface area contributed by atoms with Crippen LogP contribution in [0.2, 0.25) is 0 Å². The highest BCUT2D eigenvalue weighted by atomic mass is 32.2. The molecule has 2 aromatic heterocycles. The van der Waals surface area contributed by atoms with Gasteiger partial charge in [0.25, 0.3) is 0 Å². The topological polar surface area (TPSA) is 152 Å². The van der Waals surface area contributed by atoms with E-state index in [0.717, 1.165) is 0 Å². The second kappa shape index (κ2) is 13.7. The van der Waals surface area contributed by atoms with Crippen molar-refractivity contribution in [1.82, 2.24) is 20.0 Å². The molecule has 0 unspecified atom stereocenters. The maximum Gasteiger partial charge on any atom is 0.428 e. The van der Waals surface area contributed by atoms with E-state index in [2.05, 4.69) is 21.1 Å². The molecule has 16 heteroatoms. The van der Waals surface area contributed by atoms with Crippen molar-refractivity contribution in [2.24, 2.45) is 10.2 Å². The second-order valence-corrected chi connectivity index (χ2v) is 14.0. The fourth-order valence-corrected chi connectivity index (χ4v) is 5.73. The summed E-state index contributed by atoms with van der Waals surface area (Å²) in [5.41, 5.74) is 4.08. The summed E-state index contributed by atoms with van der Waals surface area (Å²) in [6.07, 6.45) is -0.143. The number of hydrazone groups is 2. The van der Waals surface area contributed by atoms with Crippen LogP contribution in [0.25, 0.3) is 0 Å². The number of hydrogen-bond donors (Lipinski definition) is 4. The second-order valence-electron chi connectivity index (χ2n) is 10.7. The third-order valence-corrected chi connectivity index (χ3v) is 7.93. The zero-order valence-electron chi connectivity index (χ0n) is 23.8. The first-order valence-electron chi connectivity index (χ1n) is 12.3. The number of aromatic nitrogens is 2. The number of nitrogens with zero attached hydrogens (tertiary/aromatic N) is 4. The molecule has 0 spiro atoms. The van der Waals surface area contributed by atoms with Gasteiger partial charge in [-0.25, -0.2) is 20.4 Å². The normalized spacial score (nSPS) is 12.8. The summed E-state index contributed by atoms with van der Waals surface area (Å²) in [7, 11) is 0. The van der Waals surface area contributed by atoms with Gasteiger partial charge in [-0.2, -0.15) is 10.2 Å². The number of thiazole rings is 2. The van der Waals surface area contributed by atoms with E-state index in [-0.39, 0.29) is 11.8 Å². The number of amides is 2. The molecule has 40 heavy (non-hydrogen) atoms. The Labute approximate surface area is 251 Å². The summed E-state index contributed by atoms with van der Waals surface area (Å²) in [5, 5.41) is 29.5. The van der Waals surface area contributed by atoms with E-state index in [1.165, 1.54) is 22.7 Å². The van der Waals surface area contributed by atoms with Crippen LogP contribution < -0.4 is 10.9 Å². The summed E-state index contributed by atoms with van der Waals surface area (Å²) in [5.74, 6) is -0.0762. The summed E-state index contributed by atoms with van der Waals surface area (Å²) >= 11 is 13.2. The third kappa shape index (κ3) is 9.98. The largest absolute Gasteiger partial charge is 0.493 e. The van der Waals surface area contributed by atoms with E-state index in [1.54, 1.807) is 64.5 Å². The zero-order chi connectivity index (χ0) is 30.4. The molecule has 0 radical (unpaired) electrons. The molecule has 0 bridgehead atoms. The molecule has 0 fully saturated rings. The molecule has 4 N–H and O–H groups in total. The van der Waals surface area contributed by atoms with E-state index in [1.807, 2.05) is 0 Å². The van der Waals surface area contributed by atoms with Gasteiger partial charge in [0.05, 0.1) is 11.4 Å². The number of aromatic hydroxyl groups is 2. The molecule has 2 heterocycles. The number of hydrogen-bond acceptors (Lipinski definition) is 12. The third-order valence-electron chi connectivity index (χ3n) is 4.84. The summed E-state index contributed by atoms with van der Waals surface area (Å²) < 4.78 is 14.4. The van der Waals surface area contributed by atoms with Crippen molar-refractivity contribution in [3.8, 4) is 11.8 Å². The molecule has 0 aromatic carbocycles. The molecule has 0 aliphatic heterocycles. The molecule has 2 rings (SSSR count). The van der Waals surface area contributed by atoms with Crippen LogP contribution in [0, 0.1) is 7.91 Å². The van der Waals surface area contributed by atoms with Gasteiger partial charge in [0, 0.05) is 13.1 Å². The van der Waals surface area contributed by atoms with Crippen molar-refractivity contribution in [1.29, 1.82) is 0 Å². The van der Waals surface area contributed by atoms with Crippen LogP contribution >= 0.6 is 47.1 Å². The minimum Gasteiger partial charge on any atom is -0.493 e. The van der Waals surface area contributed by atoms with E-state index >= 15 is 0 Å². The van der Waals surface area contributed by atoms with Crippen molar-refractivity contribution >= 4 is 70.7 Å². The Bertz CT molecular complexity index is 1300. The van der Waals surface area contributed by atoms with Crippen molar-refractivity contribution < 1.29 is 29.3 Å². The Morgan fingerprint density at radius 2 is 1.10 bits per heavy atom. The van der Waals surface area contributed by atoms with E-state index in [4.69, 9.17) is 33.9 Å². The highest BCUT2D eigenvalue weighted by Gasteiger charge is 2.19. The van der Waals surface area contributed by atoms with Crippen LogP contribution in [0.15, 0.2) is 10.2 Å². The fraction of sp³-hybridized carbons (Fsp3) is 0.583. The first kappa shape index (κ1) is 33.4. The maximum atomic E-state index is 11.9. The average molecular weight is 633 g/mol. The van der Waals surface area contributed by atoms with Crippen LogP contribution in [-0.2, 0) is 22.6 Å². The predicted molar refractivity (Wildman–Crippen MR) is 162 cm³/mol. The summed E-state index contributed by atoms with van der Waals surface area (Å²) in [6, 6.07) is 0. The predicted octanol–water partition coefficient (Wildman–Crippen LogP) is 6.26. The number of carbonyl (C=O) groups excluding carboxylic acids is 2. The summed E-state index contributed by atoms with van der Waals surface area (Å²) in [6.45, 7) is 14.6. The number of unbranched alkanes of at least 4 members (excludes halogenated alkanes) is 1. The van der Waals surface area contributed by atoms with Gasteiger partial charge < -0.3 is 19.7 Å². The highest BCUT2D eigenvalue weighted by Crippen LogP contribution is 2.29. The van der Waals surface area contributed by atoms with E-state index < -0.39 is 23.4 Å². The molecular formula is C24H36N6O6S4.